The second-order valence-electron chi connectivity index (χ2n) is 5.81. The molecule has 1 saturated carbocycles. The van der Waals surface area contributed by atoms with Gasteiger partial charge in [-0.1, -0.05) is 12.1 Å². The van der Waals surface area contributed by atoms with Crippen molar-refractivity contribution >= 4 is 6.03 Å². The van der Waals surface area contributed by atoms with Crippen molar-refractivity contribution in [3.8, 4) is 5.69 Å². The molecule has 1 fully saturated rings. The summed E-state index contributed by atoms with van der Waals surface area (Å²) in [6, 6.07) is 9.52. The lowest BCUT2D eigenvalue weighted by Gasteiger charge is -2.13. The summed E-state index contributed by atoms with van der Waals surface area (Å²) in [4.78, 5) is 11.8. The summed E-state index contributed by atoms with van der Waals surface area (Å²) >= 11 is 0. The zero-order valence-corrected chi connectivity index (χ0v) is 12.3. The fraction of sp³-hybridized carbons (Fsp3) is 0.375. The molecule has 3 N–H and O–H groups in total. The van der Waals surface area contributed by atoms with E-state index in [0.717, 1.165) is 24.1 Å². The fourth-order valence-electron chi connectivity index (χ4n) is 2.31. The van der Waals surface area contributed by atoms with Gasteiger partial charge in [0.25, 0.3) is 0 Å². The van der Waals surface area contributed by atoms with Gasteiger partial charge in [0.2, 0.25) is 0 Å². The molecular weight excluding hydrogens is 280 g/mol. The maximum atomic E-state index is 11.8. The standard InChI is InChI=1S/C16H20N4O2/c21-12-16(5-6-16)11-18-15(22)17-10-13-3-1-4-14(9-13)20-8-2-7-19-20/h1-4,7-9,21H,5-6,10-12H2,(H2,17,18,22). The van der Waals surface area contributed by atoms with Gasteiger partial charge < -0.3 is 15.7 Å². The van der Waals surface area contributed by atoms with Gasteiger partial charge in [0, 0.05) is 30.9 Å². The highest BCUT2D eigenvalue weighted by Crippen LogP contribution is 2.44. The molecule has 0 spiro atoms. The lowest BCUT2D eigenvalue weighted by atomic mass is 10.1. The molecular formula is C16H20N4O2. The molecule has 1 aliphatic rings. The van der Waals surface area contributed by atoms with Crippen molar-refractivity contribution < 1.29 is 9.90 Å². The zero-order valence-electron chi connectivity index (χ0n) is 12.3. The summed E-state index contributed by atoms with van der Waals surface area (Å²) in [5.41, 5.74) is 1.89. The molecule has 0 unspecified atom stereocenters. The molecule has 1 heterocycles. The Morgan fingerprint density at radius 3 is 2.86 bits per heavy atom. The van der Waals surface area contributed by atoms with Gasteiger partial charge >= 0.3 is 6.03 Å². The van der Waals surface area contributed by atoms with E-state index < -0.39 is 0 Å². The van der Waals surface area contributed by atoms with Gasteiger partial charge in [0.1, 0.15) is 0 Å². The van der Waals surface area contributed by atoms with E-state index in [1.165, 1.54) is 0 Å². The number of benzene rings is 1. The Morgan fingerprint density at radius 1 is 1.32 bits per heavy atom. The van der Waals surface area contributed by atoms with Crippen LogP contribution in [-0.2, 0) is 6.54 Å². The van der Waals surface area contributed by atoms with Crippen molar-refractivity contribution in [2.75, 3.05) is 13.2 Å². The summed E-state index contributed by atoms with van der Waals surface area (Å²) < 4.78 is 1.78. The van der Waals surface area contributed by atoms with Crippen LogP contribution in [-0.4, -0.2) is 34.1 Å². The van der Waals surface area contributed by atoms with Crippen LogP contribution in [0.5, 0.6) is 0 Å². The second-order valence-corrected chi connectivity index (χ2v) is 5.81. The first-order valence-electron chi connectivity index (χ1n) is 7.42. The van der Waals surface area contributed by atoms with Crippen LogP contribution in [0.15, 0.2) is 42.7 Å². The third-order valence-electron chi connectivity index (χ3n) is 4.05. The van der Waals surface area contributed by atoms with Crippen LogP contribution in [0.3, 0.4) is 0 Å². The third kappa shape index (κ3) is 3.46. The number of nitrogens with zero attached hydrogens (tertiary/aromatic N) is 2. The molecule has 1 aromatic heterocycles. The molecule has 22 heavy (non-hydrogen) atoms. The van der Waals surface area contributed by atoms with Crippen molar-refractivity contribution in [3.05, 3.63) is 48.3 Å². The Hall–Kier alpha value is -2.34. The van der Waals surface area contributed by atoms with E-state index in [1.807, 2.05) is 36.5 Å². The van der Waals surface area contributed by atoms with Gasteiger partial charge in [-0.3, -0.25) is 0 Å². The number of amides is 2. The van der Waals surface area contributed by atoms with Crippen LogP contribution in [0.4, 0.5) is 4.79 Å². The van der Waals surface area contributed by atoms with Gasteiger partial charge in [-0.15, -0.1) is 0 Å². The van der Waals surface area contributed by atoms with Crippen molar-refractivity contribution in [1.29, 1.82) is 0 Å². The number of rotatable bonds is 6. The molecule has 1 aliphatic carbocycles. The summed E-state index contributed by atoms with van der Waals surface area (Å²) in [5.74, 6) is 0. The highest BCUT2D eigenvalue weighted by Gasteiger charge is 2.42. The first-order valence-corrected chi connectivity index (χ1v) is 7.42. The first-order chi connectivity index (χ1) is 10.7. The second kappa shape index (κ2) is 6.19. The van der Waals surface area contributed by atoms with Crippen LogP contribution >= 0.6 is 0 Å². The SMILES string of the molecule is O=C(NCc1cccc(-n2cccn2)c1)NCC1(CO)CC1. The number of aliphatic hydroxyl groups excluding tert-OH is 1. The molecule has 0 bridgehead atoms. The number of aromatic nitrogens is 2. The number of aliphatic hydroxyl groups is 1. The van der Waals surface area contributed by atoms with Gasteiger partial charge in [-0.25, -0.2) is 9.48 Å². The highest BCUT2D eigenvalue weighted by atomic mass is 16.3. The smallest absolute Gasteiger partial charge is 0.315 e. The topological polar surface area (TPSA) is 79.2 Å². The quantitative estimate of drug-likeness (QED) is 0.755. The number of nitrogens with one attached hydrogen (secondary N) is 2. The summed E-state index contributed by atoms with van der Waals surface area (Å²) in [7, 11) is 0. The van der Waals surface area contributed by atoms with E-state index in [9.17, 15) is 9.90 Å². The molecule has 0 atom stereocenters. The average Bonchev–Trinajstić information content (AvgIpc) is 3.13. The van der Waals surface area contributed by atoms with Gasteiger partial charge in [-0.2, -0.15) is 5.10 Å². The van der Waals surface area contributed by atoms with Crippen molar-refractivity contribution in [1.82, 2.24) is 20.4 Å². The lowest BCUT2D eigenvalue weighted by Crippen LogP contribution is -2.39. The van der Waals surface area contributed by atoms with E-state index in [2.05, 4.69) is 15.7 Å². The molecule has 6 heteroatoms. The van der Waals surface area contributed by atoms with E-state index in [-0.39, 0.29) is 18.1 Å². The third-order valence-corrected chi connectivity index (χ3v) is 4.05. The average molecular weight is 300 g/mol. The summed E-state index contributed by atoms with van der Waals surface area (Å²) in [6.45, 7) is 1.12. The molecule has 2 amide bonds. The Kier molecular flexibility index (Phi) is 4.11. The van der Waals surface area contributed by atoms with Gasteiger partial charge in [-0.05, 0) is 36.6 Å². The number of urea groups is 1. The van der Waals surface area contributed by atoms with E-state index in [1.54, 1.807) is 10.9 Å². The first kappa shape index (κ1) is 14.6. The largest absolute Gasteiger partial charge is 0.396 e. The van der Waals surface area contributed by atoms with Crippen molar-refractivity contribution in [2.45, 2.75) is 19.4 Å². The van der Waals surface area contributed by atoms with Crippen LogP contribution < -0.4 is 10.6 Å². The molecule has 0 radical (unpaired) electrons. The van der Waals surface area contributed by atoms with Crippen LogP contribution in [0.1, 0.15) is 18.4 Å². The number of hydrogen-bond acceptors (Lipinski definition) is 3. The zero-order chi connectivity index (χ0) is 15.4. The molecule has 0 aliphatic heterocycles. The summed E-state index contributed by atoms with van der Waals surface area (Å²) in [5, 5.41) is 19.1. The minimum Gasteiger partial charge on any atom is -0.396 e. The molecule has 3 rings (SSSR count). The van der Waals surface area contributed by atoms with Gasteiger partial charge in [0.15, 0.2) is 0 Å². The molecule has 2 aromatic rings. The fourth-order valence-corrected chi connectivity index (χ4v) is 2.31. The highest BCUT2D eigenvalue weighted by molar-refractivity contribution is 5.73. The monoisotopic (exact) mass is 300 g/mol. The number of hydrogen-bond donors (Lipinski definition) is 3. The Labute approximate surface area is 129 Å². The molecule has 1 aromatic carbocycles. The Bertz CT molecular complexity index is 635. The van der Waals surface area contributed by atoms with Crippen molar-refractivity contribution in [2.24, 2.45) is 5.41 Å². The van der Waals surface area contributed by atoms with Crippen LogP contribution in [0, 0.1) is 5.41 Å². The minimum absolute atomic E-state index is 0.0721. The maximum Gasteiger partial charge on any atom is 0.315 e. The maximum absolute atomic E-state index is 11.8. The molecule has 0 saturated heterocycles. The normalized spacial score (nSPS) is 15.3. The Morgan fingerprint density at radius 2 is 2.18 bits per heavy atom. The van der Waals surface area contributed by atoms with E-state index >= 15 is 0 Å². The summed E-state index contributed by atoms with van der Waals surface area (Å²) in [6.07, 6.45) is 5.57. The predicted molar refractivity (Wildman–Crippen MR) is 82.6 cm³/mol. The van der Waals surface area contributed by atoms with Crippen LogP contribution in [0.2, 0.25) is 0 Å². The van der Waals surface area contributed by atoms with E-state index in [0.29, 0.717) is 13.1 Å². The number of carbonyl (C=O) groups is 1. The van der Waals surface area contributed by atoms with Gasteiger partial charge in [0.05, 0.1) is 12.3 Å². The van der Waals surface area contributed by atoms with Crippen LogP contribution in [0.25, 0.3) is 5.69 Å². The van der Waals surface area contributed by atoms with Crippen molar-refractivity contribution in [3.63, 3.8) is 0 Å². The molecule has 6 nitrogen and oxygen atoms in total. The minimum atomic E-state index is -0.204. The number of carbonyl (C=O) groups excluding carboxylic acids is 1. The Balaban J connectivity index is 1.51. The van der Waals surface area contributed by atoms with E-state index in [4.69, 9.17) is 0 Å². The predicted octanol–water partition coefficient (Wildman–Crippen LogP) is 1.44. The lowest BCUT2D eigenvalue weighted by molar-refractivity contribution is 0.203. The molecule has 116 valence electrons.